The molecule has 0 bridgehead atoms. The van der Waals surface area contributed by atoms with Crippen molar-refractivity contribution < 1.29 is 0 Å². The summed E-state index contributed by atoms with van der Waals surface area (Å²) >= 11 is 0. The third-order valence-corrected chi connectivity index (χ3v) is 2.84. The number of hydrogen-bond acceptors (Lipinski definition) is 1. The number of fused-ring (bicyclic) bond motifs is 1. The molecule has 1 aromatic carbocycles. The molecule has 0 aliphatic heterocycles. The Morgan fingerprint density at radius 1 is 1.36 bits per heavy atom. The maximum absolute atomic E-state index is 5.96. The SMILES string of the molecule is Cc1ccc2c(c1)C(C(C)N)=CCC2. The predicted molar refractivity (Wildman–Crippen MR) is 61.1 cm³/mol. The summed E-state index contributed by atoms with van der Waals surface area (Å²) in [5.41, 5.74) is 11.4. The van der Waals surface area contributed by atoms with Crippen LogP contribution in [0.4, 0.5) is 0 Å². The van der Waals surface area contributed by atoms with Gasteiger partial charge in [0.25, 0.3) is 0 Å². The van der Waals surface area contributed by atoms with Crippen molar-refractivity contribution in [2.75, 3.05) is 0 Å². The fraction of sp³-hybridized carbons (Fsp3) is 0.385. The topological polar surface area (TPSA) is 26.0 Å². The third kappa shape index (κ3) is 1.60. The van der Waals surface area contributed by atoms with Gasteiger partial charge in [0.05, 0.1) is 0 Å². The summed E-state index contributed by atoms with van der Waals surface area (Å²) < 4.78 is 0. The molecule has 0 amide bonds. The van der Waals surface area contributed by atoms with Crippen molar-refractivity contribution in [2.24, 2.45) is 5.73 Å². The molecular weight excluding hydrogens is 170 g/mol. The van der Waals surface area contributed by atoms with E-state index in [0.717, 1.165) is 12.8 Å². The maximum Gasteiger partial charge on any atom is 0.0268 e. The number of hydrogen-bond donors (Lipinski definition) is 1. The second-order valence-electron chi connectivity index (χ2n) is 4.15. The molecule has 1 aromatic rings. The van der Waals surface area contributed by atoms with Gasteiger partial charge in [-0.05, 0) is 43.4 Å². The molecule has 1 unspecified atom stereocenters. The lowest BCUT2D eigenvalue weighted by molar-refractivity contribution is 0.896. The first-order valence-electron chi connectivity index (χ1n) is 5.24. The molecule has 0 spiro atoms. The average molecular weight is 187 g/mol. The monoisotopic (exact) mass is 187 g/mol. The number of aryl methyl sites for hydroxylation is 2. The second kappa shape index (κ2) is 3.58. The van der Waals surface area contributed by atoms with E-state index in [-0.39, 0.29) is 6.04 Å². The molecule has 2 rings (SSSR count). The van der Waals surface area contributed by atoms with Crippen LogP contribution in [0.5, 0.6) is 0 Å². The molecular formula is C13H17N. The quantitative estimate of drug-likeness (QED) is 0.718. The largest absolute Gasteiger partial charge is 0.324 e. The highest BCUT2D eigenvalue weighted by molar-refractivity contribution is 5.73. The van der Waals surface area contributed by atoms with Crippen LogP contribution in [0, 0.1) is 6.92 Å². The molecule has 1 aliphatic carbocycles. The Morgan fingerprint density at radius 3 is 2.86 bits per heavy atom. The van der Waals surface area contributed by atoms with Crippen LogP contribution in [-0.2, 0) is 6.42 Å². The van der Waals surface area contributed by atoms with Gasteiger partial charge in [-0.2, -0.15) is 0 Å². The van der Waals surface area contributed by atoms with Gasteiger partial charge in [0.2, 0.25) is 0 Å². The molecule has 0 fully saturated rings. The van der Waals surface area contributed by atoms with E-state index in [2.05, 4.69) is 38.1 Å². The first kappa shape index (κ1) is 9.47. The Morgan fingerprint density at radius 2 is 2.14 bits per heavy atom. The molecule has 0 aromatic heterocycles. The Balaban J connectivity index is 2.51. The van der Waals surface area contributed by atoms with Crippen molar-refractivity contribution in [3.05, 3.63) is 41.0 Å². The third-order valence-electron chi connectivity index (χ3n) is 2.84. The second-order valence-corrected chi connectivity index (χ2v) is 4.15. The Labute approximate surface area is 85.6 Å². The van der Waals surface area contributed by atoms with E-state index in [1.165, 1.54) is 22.3 Å². The van der Waals surface area contributed by atoms with Gasteiger partial charge in [0, 0.05) is 6.04 Å². The summed E-state index contributed by atoms with van der Waals surface area (Å²) in [6, 6.07) is 6.82. The van der Waals surface area contributed by atoms with E-state index < -0.39 is 0 Å². The Hall–Kier alpha value is -1.08. The molecule has 74 valence electrons. The molecule has 2 N–H and O–H groups in total. The zero-order valence-electron chi connectivity index (χ0n) is 8.88. The zero-order chi connectivity index (χ0) is 10.1. The van der Waals surface area contributed by atoms with Gasteiger partial charge in [-0.15, -0.1) is 0 Å². The minimum atomic E-state index is 0.149. The standard InChI is InChI=1S/C13H17N/c1-9-6-7-11-4-3-5-12(10(2)14)13(11)8-9/h5-8,10H,3-4,14H2,1-2H3. The van der Waals surface area contributed by atoms with E-state index in [9.17, 15) is 0 Å². The lowest BCUT2D eigenvalue weighted by Crippen LogP contribution is -2.19. The highest BCUT2D eigenvalue weighted by Crippen LogP contribution is 2.28. The summed E-state index contributed by atoms with van der Waals surface area (Å²) in [6.45, 7) is 4.19. The fourth-order valence-electron chi connectivity index (χ4n) is 2.10. The van der Waals surface area contributed by atoms with Crippen LogP contribution < -0.4 is 5.73 Å². The van der Waals surface area contributed by atoms with E-state index in [4.69, 9.17) is 5.73 Å². The fourth-order valence-corrected chi connectivity index (χ4v) is 2.10. The van der Waals surface area contributed by atoms with Gasteiger partial charge in [-0.1, -0.05) is 29.8 Å². The molecule has 0 saturated heterocycles. The summed E-state index contributed by atoms with van der Waals surface area (Å²) in [5.74, 6) is 0. The van der Waals surface area contributed by atoms with Crippen LogP contribution in [-0.4, -0.2) is 6.04 Å². The van der Waals surface area contributed by atoms with Crippen LogP contribution in [0.1, 0.15) is 30.0 Å². The minimum Gasteiger partial charge on any atom is -0.324 e. The van der Waals surface area contributed by atoms with Crippen molar-refractivity contribution in [1.29, 1.82) is 0 Å². The maximum atomic E-state index is 5.96. The van der Waals surface area contributed by atoms with Crippen molar-refractivity contribution in [3.8, 4) is 0 Å². The number of nitrogens with two attached hydrogens (primary N) is 1. The summed E-state index contributed by atoms with van der Waals surface area (Å²) in [6.07, 6.45) is 4.57. The van der Waals surface area contributed by atoms with Crippen LogP contribution in [0.3, 0.4) is 0 Å². The average Bonchev–Trinajstić information content (AvgIpc) is 2.16. The highest BCUT2D eigenvalue weighted by atomic mass is 14.6. The zero-order valence-corrected chi connectivity index (χ0v) is 8.88. The number of rotatable bonds is 1. The summed E-state index contributed by atoms with van der Waals surface area (Å²) in [7, 11) is 0. The summed E-state index contributed by atoms with van der Waals surface area (Å²) in [5, 5.41) is 0. The Bertz CT molecular complexity index is 375. The van der Waals surface area contributed by atoms with E-state index >= 15 is 0 Å². The lowest BCUT2D eigenvalue weighted by Gasteiger charge is -2.20. The van der Waals surface area contributed by atoms with Gasteiger partial charge >= 0.3 is 0 Å². The first-order valence-corrected chi connectivity index (χ1v) is 5.24. The van der Waals surface area contributed by atoms with Crippen molar-refractivity contribution in [2.45, 2.75) is 32.7 Å². The summed E-state index contributed by atoms with van der Waals surface area (Å²) in [4.78, 5) is 0. The number of allylic oxidation sites excluding steroid dienone is 1. The van der Waals surface area contributed by atoms with Gasteiger partial charge in [0.15, 0.2) is 0 Å². The van der Waals surface area contributed by atoms with E-state index in [1.807, 2.05) is 0 Å². The van der Waals surface area contributed by atoms with E-state index in [1.54, 1.807) is 0 Å². The van der Waals surface area contributed by atoms with Crippen LogP contribution in [0.25, 0.3) is 5.57 Å². The minimum absolute atomic E-state index is 0.149. The molecule has 0 radical (unpaired) electrons. The van der Waals surface area contributed by atoms with E-state index in [0.29, 0.717) is 0 Å². The molecule has 0 heterocycles. The van der Waals surface area contributed by atoms with Crippen molar-refractivity contribution >= 4 is 5.57 Å². The van der Waals surface area contributed by atoms with Crippen LogP contribution in [0.2, 0.25) is 0 Å². The smallest absolute Gasteiger partial charge is 0.0268 e. The number of benzene rings is 1. The Kier molecular flexibility index (Phi) is 2.42. The van der Waals surface area contributed by atoms with Crippen molar-refractivity contribution in [3.63, 3.8) is 0 Å². The normalized spacial score (nSPS) is 17.2. The lowest BCUT2D eigenvalue weighted by atomic mass is 9.87. The molecule has 0 saturated carbocycles. The molecule has 14 heavy (non-hydrogen) atoms. The molecule has 1 atom stereocenters. The molecule has 1 heteroatoms. The van der Waals surface area contributed by atoms with Crippen LogP contribution >= 0.6 is 0 Å². The molecule has 1 aliphatic rings. The van der Waals surface area contributed by atoms with Gasteiger partial charge < -0.3 is 5.73 Å². The van der Waals surface area contributed by atoms with Crippen molar-refractivity contribution in [1.82, 2.24) is 0 Å². The van der Waals surface area contributed by atoms with Gasteiger partial charge in [0.1, 0.15) is 0 Å². The molecule has 1 nitrogen and oxygen atoms in total. The predicted octanol–water partition coefficient (Wildman–Crippen LogP) is 2.67. The van der Waals surface area contributed by atoms with Crippen LogP contribution in [0.15, 0.2) is 24.3 Å². The van der Waals surface area contributed by atoms with Gasteiger partial charge in [-0.3, -0.25) is 0 Å². The van der Waals surface area contributed by atoms with Gasteiger partial charge in [-0.25, -0.2) is 0 Å². The highest BCUT2D eigenvalue weighted by Gasteiger charge is 2.14. The first-order chi connectivity index (χ1) is 6.68.